The Hall–Kier alpha value is -2.09. The predicted molar refractivity (Wildman–Crippen MR) is 122 cm³/mol. The fraction of sp³-hybridized carbons (Fsp3) is 0.333. The number of halogens is 1. The standard InChI is InChI=1S/C21H26N4O.HI/c1-3-22-20(26)18-11-9-16(10-12-18)15-24-21(23-4-2)25-14-13-17-7-5-6-8-19(17)25;/h5-12H,3-4,13-15H2,1-2H3,(H,22,26)(H,23,24);1H. The van der Waals surface area contributed by atoms with Crippen LogP contribution in [0, 0.1) is 0 Å². The predicted octanol–water partition coefficient (Wildman–Crippen LogP) is 3.58. The van der Waals surface area contributed by atoms with Crippen molar-refractivity contribution in [1.29, 1.82) is 0 Å². The van der Waals surface area contributed by atoms with Crippen molar-refractivity contribution >= 4 is 41.5 Å². The number of carbonyl (C=O) groups is 1. The van der Waals surface area contributed by atoms with Gasteiger partial charge < -0.3 is 15.5 Å². The molecule has 2 aromatic carbocycles. The average molecular weight is 478 g/mol. The molecule has 0 spiro atoms. The highest BCUT2D eigenvalue weighted by Crippen LogP contribution is 2.27. The number of carbonyl (C=O) groups excluding carboxylic acids is 1. The molecule has 0 aliphatic carbocycles. The Morgan fingerprint density at radius 2 is 1.74 bits per heavy atom. The van der Waals surface area contributed by atoms with Crippen molar-refractivity contribution in [2.45, 2.75) is 26.8 Å². The maximum Gasteiger partial charge on any atom is 0.251 e. The number of aliphatic imine (C=N–C) groups is 1. The average Bonchev–Trinajstić information content (AvgIpc) is 3.10. The zero-order chi connectivity index (χ0) is 18.4. The molecule has 6 heteroatoms. The Kier molecular flexibility index (Phi) is 8.09. The van der Waals surface area contributed by atoms with Crippen LogP contribution in [-0.2, 0) is 13.0 Å². The number of fused-ring (bicyclic) bond motifs is 1. The molecular weight excluding hydrogens is 451 g/mol. The Labute approximate surface area is 178 Å². The van der Waals surface area contributed by atoms with Gasteiger partial charge >= 0.3 is 0 Å². The second kappa shape index (κ2) is 10.3. The van der Waals surface area contributed by atoms with E-state index in [1.165, 1.54) is 11.3 Å². The Morgan fingerprint density at radius 3 is 2.44 bits per heavy atom. The van der Waals surface area contributed by atoms with Crippen LogP contribution in [0.25, 0.3) is 0 Å². The van der Waals surface area contributed by atoms with Crippen LogP contribution in [0.2, 0.25) is 0 Å². The summed E-state index contributed by atoms with van der Waals surface area (Å²) in [5.74, 6) is 0.870. The van der Waals surface area contributed by atoms with E-state index in [2.05, 4.69) is 46.7 Å². The van der Waals surface area contributed by atoms with E-state index in [-0.39, 0.29) is 29.9 Å². The molecule has 144 valence electrons. The molecule has 5 nitrogen and oxygen atoms in total. The van der Waals surface area contributed by atoms with Crippen molar-refractivity contribution in [1.82, 2.24) is 10.6 Å². The summed E-state index contributed by atoms with van der Waals surface area (Å²) in [6, 6.07) is 16.1. The number of nitrogens with one attached hydrogen (secondary N) is 2. The monoisotopic (exact) mass is 478 g/mol. The van der Waals surface area contributed by atoms with Gasteiger partial charge in [-0.25, -0.2) is 4.99 Å². The van der Waals surface area contributed by atoms with Gasteiger partial charge in [0.15, 0.2) is 5.96 Å². The molecule has 0 fully saturated rings. The van der Waals surface area contributed by atoms with E-state index in [9.17, 15) is 4.79 Å². The highest BCUT2D eigenvalue weighted by molar-refractivity contribution is 14.0. The molecule has 0 aromatic heterocycles. The summed E-state index contributed by atoms with van der Waals surface area (Å²) in [5, 5.41) is 6.21. The SMILES string of the molecule is CCNC(=O)c1ccc(CN=C(NCC)N2CCc3ccccc32)cc1.I. The van der Waals surface area contributed by atoms with Gasteiger partial charge in [-0.2, -0.15) is 0 Å². The lowest BCUT2D eigenvalue weighted by Crippen LogP contribution is -2.40. The van der Waals surface area contributed by atoms with Gasteiger partial charge in [-0.3, -0.25) is 4.79 Å². The van der Waals surface area contributed by atoms with Crippen LogP contribution in [0.1, 0.15) is 35.3 Å². The van der Waals surface area contributed by atoms with E-state index in [1.54, 1.807) is 0 Å². The first-order valence-electron chi connectivity index (χ1n) is 9.23. The van der Waals surface area contributed by atoms with Crippen molar-refractivity contribution in [3.63, 3.8) is 0 Å². The minimum absolute atomic E-state index is 0. The van der Waals surface area contributed by atoms with Crippen molar-refractivity contribution < 1.29 is 4.79 Å². The second-order valence-electron chi connectivity index (χ2n) is 6.26. The first-order valence-corrected chi connectivity index (χ1v) is 9.23. The Balaban J connectivity index is 0.00000261. The number of nitrogens with zero attached hydrogens (tertiary/aromatic N) is 2. The molecule has 1 aliphatic heterocycles. The molecule has 3 rings (SSSR count). The molecular formula is C21H27IN4O. The fourth-order valence-corrected chi connectivity index (χ4v) is 3.14. The number of benzene rings is 2. The van der Waals surface area contributed by atoms with Gasteiger partial charge in [0, 0.05) is 30.9 Å². The molecule has 0 atom stereocenters. The lowest BCUT2D eigenvalue weighted by atomic mass is 10.1. The van der Waals surface area contributed by atoms with E-state index in [4.69, 9.17) is 4.99 Å². The minimum atomic E-state index is -0.0374. The van der Waals surface area contributed by atoms with Crippen molar-refractivity contribution in [3.8, 4) is 0 Å². The van der Waals surface area contributed by atoms with Crippen LogP contribution in [0.3, 0.4) is 0 Å². The zero-order valence-corrected chi connectivity index (χ0v) is 18.2. The molecule has 27 heavy (non-hydrogen) atoms. The lowest BCUT2D eigenvalue weighted by molar-refractivity contribution is 0.0956. The summed E-state index contributed by atoms with van der Waals surface area (Å²) in [7, 11) is 0. The molecule has 1 aliphatic rings. The van der Waals surface area contributed by atoms with Gasteiger partial charge in [-0.15, -0.1) is 24.0 Å². The molecule has 1 heterocycles. The van der Waals surface area contributed by atoms with Crippen LogP contribution in [-0.4, -0.2) is 31.5 Å². The van der Waals surface area contributed by atoms with Gasteiger partial charge in [0.25, 0.3) is 5.91 Å². The Morgan fingerprint density at radius 1 is 1.04 bits per heavy atom. The van der Waals surface area contributed by atoms with E-state index in [0.29, 0.717) is 18.7 Å². The minimum Gasteiger partial charge on any atom is -0.356 e. The van der Waals surface area contributed by atoms with Crippen LogP contribution < -0.4 is 15.5 Å². The summed E-state index contributed by atoms with van der Waals surface area (Å²) in [6.45, 7) is 6.98. The first-order chi connectivity index (χ1) is 12.7. The summed E-state index contributed by atoms with van der Waals surface area (Å²) in [5.41, 5.74) is 4.36. The third kappa shape index (κ3) is 5.22. The van der Waals surface area contributed by atoms with Crippen LogP contribution >= 0.6 is 24.0 Å². The van der Waals surface area contributed by atoms with Crippen LogP contribution in [0.4, 0.5) is 5.69 Å². The molecule has 0 saturated heterocycles. The number of rotatable bonds is 5. The summed E-state index contributed by atoms with van der Waals surface area (Å²) >= 11 is 0. The van der Waals surface area contributed by atoms with Crippen molar-refractivity contribution in [2.24, 2.45) is 4.99 Å². The summed E-state index contributed by atoms with van der Waals surface area (Å²) in [6.07, 6.45) is 1.04. The van der Waals surface area contributed by atoms with Crippen LogP contribution in [0.5, 0.6) is 0 Å². The number of guanidine groups is 1. The molecule has 0 radical (unpaired) electrons. The molecule has 1 amide bonds. The molecule has 0 bridgehead atoms. The van der Waals surface area contributed by atoms with Crippen molar-refractivity contribution in [2.75, 3.05) is 24.5 Å². The van der Waals surface area contributed by atoms with E-state index < -0.39 is 0 Å². The van der Waals surface area contributed by atoms with Gasteiger partial charge in [0.1, 0.15) is 0 Å². The third-order valence-corrected chi connectivity index (χ3v) is 4.44. The zero-order valence-electron chi connectivity index (χ0n) is 15.9. The number of hydrogen-bond acceptors (Lipinski definition) is 2. The molecule has 0 unspecified atom stereocenters. The maximum atomic E-state index is 11.8. The quantitative estimate of drug-likeness (QED) is 0.393. The second-order valence-corrected chi connectivity index (χ2v) is 6.26. The van der Waals surface area contributed by atoms with Gasteiger partial charge in [0.05, 0.1) is 6.54 Å². The summed E-state index contributed by atoms with van der Waals surface area (Å²) < 4.78 is 0. The summed E-state index contributed by atoms with van der Waals surface area (Å²) in [4.78, 5) is 18.9. The normalized spacial score (nSPS) is 13.0. The van der Waals surface area contributed by atoms with E-state index >= 15 is 0 Å². The number of amides is 1. The lowest BCUT2D eigenvalue weighted by Gasteiger charge is -2.22. The van der Waals surface area contributed by atoms with E-state index in [0.717, 1.165) is 31.0 Å². The Bertz CT molecular complexity index is 789. The smallest absolute Gasteiger partial charge is 0.251 e. The topological polar surface area (TPSA) is 56.7 Å². The maximum absolute atomic E-state index is 11.8. The third-order valence-electron chi connectivity index (χ3n) is 4.44. The van der Waals surface area contributed by atoms with E-state index in [1.807, 2.05) is 31.2 Å². The molecule has 2 aromatic rings. The van der Waals surface area contributed by atoms with Crippen molar-refractivity contribution in [3.05, 3.63) is 65.2 Å². The molecule has 0 saturated carbocycles. The largest absolute Gasteiger partial charge is 0.356 e. The molecule has 2 N–H and O–H groups in total. The number of anilines is 1. The highest BCUT2D eigenvalue weighted by Gasteiger charge is 2.22. The number of hydrogen-bond donors (Lipinski definition) is 2. The fourth-order valence-electron chi connectivity index (χ4n) is 3.14. The van der Waals surface area contributed by atoms with Gasteiger partial charge in [0.2, 0.25) is 0 Å². The number of para-hydroxylation sites is 1. The van der Waals surface area contributed by atoms with Gasteiger partial charge in [-0.05, 0) is 49.6 Å². The first kappa shape index (κ1) is 21.2. The van der Waals surface area contributed by atoms with Gasteiger partial charge in [-0.1, -0.05) is 30.3 Å². The van der Waals surface area contributed by atoms with Crippen LogP contribution in [0.15, 0.2) is 53.5 Å². The highest BCUT2D eigenvalue weighted by atomic mass is 127.